The molecular formula is C27H26O2. The van der Waals surface area contributed by atoms with Crippen molar-refractivity contribution >= 4 is 27.5 Å². The molecule has 0 atom stereocenters. The van der Waals surface area contributed by atoms with Gasteiger partial charge in [-0.25, -0.2) is 4.79 Å². The van der Waals surface area contributed by atoms with Gasteiger partial charge in [-0.1, -0.05) is 81.4 Å². The Morgan fingerprint density at radius 1 is 0.828 bits per heavy atom. The van der Waals surface area contributed by atoms with Crippen molar-refractivity contribution in [2.75, 3.05) is 0 Å². The molecular weight excluding hydrogens is 356 g/mol. The van der Waals surface area contributed by atoms with Crippen LogP contribution in [0.4, 0.5) is 0 Å². The number of carbonyl (C=O) groups excluding carboxylic acids is 1. The van der Waals surface area contributed by atoms with Gasteiger partial charge >= 0.3 is 5.97 Å². The number of hydrogen-bond donors (Lipinski definition) is 0. The van der Waals surface area contributed by atoms with Gasteiger partial charge in [0, 0.05) is 5.56 Å². The predicted octanol–water partition coefficient (Wildman–Crippen LogP) is 7.04. The molecule has 4 rings (SSSR count). The molecule has 0 saturated carbocycles. The number of carbonyl (C=O) groups is 1. The number of hydrogen-bond acceptors (Lipinski definition) is 2. The lowest BCUT2D eigenvalue weighted by atomic mass is 9.82. The maximum atomic E-state index is 12.7. The average molecular weight is 383 g/mol. The molecule has 0 N–H and O–H groups in total. The lowest BCUT2D eigenvalue weighted by Gasteiger charge is -2.23. The summed E-state index contributed by atoms with van der Waals surface area (Å²) in [6.45, 7) is 6.86. The van der Waals surface area contributed by atoms with E-state index >= 15 is 0 Å². The van der Waals surface area contributed by atoms with E-state index in [2.05, 4.69) is 51.1 Å². The van der Waals surface area contributed by atoms with E-state index in [0.29, 0.717) is 5.56 Å². The molecule has 0 spiro atoms. The highest BCUT2D eigenvalue weighted by Crippen LogP contribution is 2.30. The SMILES string of the molecule is CCC(C)(C)c1ccc(C(=O)OCc2c3ccccc3cc3ccccc23)cc1. The Balaban J connectivity index is 1.61. The summed E-state index contributed by atoms with van der Waals surface area (Å²) >= 11 is 0. The van der Waals surface area contributed by atoms with Crippen LogP contribution in [-0.2, 0) is 16.8 Å². The van der Waals surface area contributed by atoms with Crippen LogP contribution in [0.25, 0.3) is 21.5 Å². The molecule has 0 bridgehead atoms. The topological polar surface area (TPSA) is 26.3 Å². The minimum atomic E-state index is -0.289. The van der Waals surface area contributed by atoms with E-state index < -0.39 is 0 Å². The highest BCUT2D eigenvalue weighted by molar-refractivity contribution is 6.02. The van der Waals surface area contributed by atoms with Gasteiger partial charge in [-0.3, -0.25) is 0 Å². The molecule has 0 unspecified atom stereocenters. The van der Waals surface area contributed by atoms with Crippen molar-refractivity contribution in [1.29, 1.82) is 0 Å². The highest BCUT2D eigenvalue weighted by Gasteiger charge is 2.18. The molecule has 29 heavy (non-hydrogen) atoms. The third-order valence-electron chi connectivity index (χ3n) is 6.02. The molecule has 0 radical (unpaired) electrons. The van der Waals surface area contributed by atoms with Crippen molar-refractivity contribution in [2.24, 2.45) is 0 Å². The fourth-order valence-corrected chi connectivity index (χ4v) is 3.75. The van der Waals surface area contributed by atoms with E-state index in [0.717, 1.165) is 33.5 Å². The normalized spacial score (nSPS) is 11.7. The van der Waals surface area contributed by atoms with Gasteiger partial charge in [-0.05, 0) is 57.1 Å². The van der Waals surface area contributed by atoms with Crippen LogP contribution >= 0.6 is 0 Å². The van der Waals surface area contributed by atoms with Crippen LogP contribution in [0.15, 0.2) is 78.9 Å². The van der Waals surface area contributed by atoms with Gasteiger partial charge in [0.2, 0.25) is 0 Å². The molecule has 0 aromatic heterocycles. The summed E-state index contributed by atoms with van der Waals surface area (Å²) in [7, 11) is 0. The van der Waals surface area contributed by atoms with Crippen LogP contribution in [0.2, 0.25) is 0 Å². The Labute approximate surface area is 172 Å². The fourth-order valence-electron chi connectivity index (χ4n) is 3.75. The third-order valence-corrected chi connectivity index (χ3v) is 6.02. The van der Waals surface area contributed by atoms with Crippen molar-refractivity contribution in [3.63, 3.8) is 0 Å². The molecule has 4 aromatic rings. The molecule has 2 heteroatoms. The van der Waals surface area contributed by atoms with Crippen LogP contribution in [0, 0.1) is 0 Å². The smallest absolute Gasteiger partial charge is 0.338 e. The Bertz CT molecular complexity index is 1120. The molecule has 0 saturated heterocycles. The largest absolute Gasteiger partial charge is 0.457 e. The summed E-state index contributed by atoms with van der Waals surface area (Å²) in [5.74, 6) is -0.289. The first-order chi connectivity index (χ1) is 14.0. The van der Waals surface area contributed by atoms with E-state index in [4.69, 9.17) is 4.74 Å². The Kier molecular flexibility index (Phi) is 5.10. The van der Waals surface area contributed by atoms with E-state index in [9.17, 15) is 4.79 Å². The van der Waals surface area contributed by atoms with Gasteiger partial charge in [0.25, 0.3) is 0 Å². The Morgan fingerprint density at radius 2 is 1.38 bits per heavy atom. The van der Waals surface area contributed by atoms with Gasteiger partial charge in [-0.2, -0.15) is 0 Å². The lowest BCUT2D eigenvalue weighted by Crippen LogP contribution is -2.15. The van der Waals surface area contributed by atoms with E-state index in [1.54, 1.807) is 0 Å². The number of ether oxygens (including phenoxy) is 1. The molecule has 0 heterocycles. The minimum Gasteiger partial charge on any atom is -0.457 e. The van der Waals surface area contributed by atoms with Gasteiger partial charge in [-0.15, -0.1) is 0 Å². The highest BCUT2D eigenvalue weighted by atomic mass is 16.5. The first-order valence-corrected chi connectivity index (χ1v) is 10.2. The van der Waals surface area contributed by atoms with Crippen molar-refractivity contribution in [1.82, 2.24) is 0 Å². The summed E-state index contributed by atoms with van der Waals surface area (Å²) in [5, 5.41) is 4.56. The summed E-state index contributed by atoms with van der Waals surface area (Å²) in [5.41, 5.74) is 2.97. The van der Waals surface area contributed by atoms with E-state index in [-0.39, 0.29) is 18.0 Å². The fraction of sp³-hybridized carbons (Fsp3) is 0.222. The lowest BCUT2D eigenvalue weighted by molar-refractivity contribution is 0.0476. The molecule has 0 aliphatic carbocycles. The Hall–Kier alpha value is -3.13. The zero-order valence-electron chi connectivity index (χ0n) is 17.2. The van der Waals surface area contributed by atoms with Gasteiger partial charge < -0.3 is 4.74 Å². The quantitative estimate of drug-likeness (QED) is 0.273. The monoisotopic (exact) mass is 382 g/mol. The second kappa shape index (κ2) is 7.71. The second-order valence-electron chi connectivity index (χ2n) is 8.19. The average Bonchev–Trinajstić information content (AvgIpc) is 2.76. The molecule has 146 valence electrons. The minimum absolute atomic E-state index is 0.101. The number of fused-ring (bicyclic) bond motifs is 2. The molecule has 0 aliphatic heterocycles. The van der Waals surface area contributed by atoms with Crippen molar-refractivity contribution < 1.29 is 9.53 Å². The summed E-state index contributed by atoms with van der Waals surface area (Å²) in [6.07, 6.45) is 1.05. The van der Waals surface area contributed by atoms with Gasteiger partial charge in [0.05, 0.1) is 5.56 Å². The standard InChI is InChI=1S/C27H26O2/c1-4-27(2,3)22-15-13-19(14-16-22)26(28)29-18-25-23-11-7-5-9-20(23)17-21-10-6-8-12-24(21)25/h5-17H,4,18H2,1-3H3. The van der Waals surface area contributed by atoms with E-state index in [1.165, 1.54) is 5.56 Å². The van der Waals surface area contributed by atoms with Crippen LogP contribution in [0.3, 0.4) is 0 Å². The first kappa shape index (κ1) is 19.2. The Morgan fingerprint density at radius 3 is 1.93 bits per heavy atom. The summed E-state index contributed by atoms with van der Waals surface area (Å²) < 4.78 is 5.74. The predicted molar refractivity (Wildman–Crippen MR) is 120 cm³/mol. The van der Waals surface area contributed by atoms with Gasteiger partial charge in [0.1, 0.15) is 6.61 Å². The molecule has 4 aromatic carbocycles. The third kappa shape index (κ3) is 3.75. The maximum Gasteiger partial charge on any atom is 0.338 e. The number of benzene rings is 4. The molecule has 0 amide bonds. The maximum absolute atomic E-state index is 12.7. The van der Waals surface area contributed by atoms with E-state index in [1.807, 2.05) is 48.5 Å². The van der Waals surface area contributed by atoms with Crippen molar-refractivity contribution in [2.45, 2.75) is 39.2 Å². The van der Waals surface area contributed by atoms with Crippen molar-refractivity contribution in [3.8, 4) is 0 Å². The second-order valence-corrected chi connectivity index (χ2v) is 8.19. The zero-order valence-corrected chi connectivity index (χ0v) is 17.2. The zero-order chi connectivity index (χ0) is 20.4. The molecule has 2 nitrogen and oxygen atoms in total. The molecule has 0 fully saturated rings. The van der Waals surface area contributed by atoms with Crippen LogP contribution in [0.1, 0.15) is 48.7 Å². The summed E-state index contributed by atoms with van der Waals surface area (Å²) in [6, 6.07) is 26.5. The summed E-state index contributed by atoms with van der Waals surface area (Å²) in [4.78, 5) is 12.7. The molecule has 0 aliphatic rings. The van der Waals surface area contributed by atoms with Crippen LogP contribution < -0.4 is 0 Å². The van der Waals surface area contributed by atoms with Crippen molar-refractivity contribution in [3.05, 3.63) is 95.6 Å². The van der Waals surface area contributed by atoms with Crippen LogP contribution in [0.5, 0.6) is 0 Å². The number of esters is 1. The van der Waals surface area contributed by atoms with Gasteiger partial charge in [0.15, 0.2) is 0 Å². The number of rotatable bonds is 5. The first-order valence-electron chi connectivity index (χ1n) is 10.2. The van der Waals surface area contributed by atoms with Crippen LogP contribution in [-0.4, -0.2) is 5.97 Å².